The Hall–Kier alpha value is -3.24. The molecule has 8 nitrogen and oxygen atoms in total. The van der Waals surface area contributed by atoms with Gasteiger partial charge in [0.25, 0.3) is 17.4 Å². The average Bonchev–Trinajstić information content (AvgIpc) is 3.29. The summed E-state index contributed by atoms with van der Waals surface area (Å²) in [6.45, 7) is 0. The quantitative estimate of drug-likeness (QED) is 0.655. The first kappa shape index (κ1) is 19.1. The molecule has 1 aromatic carbocycles. The summed E-state index contributed by atoms with van der Waals surface area (Å²) < 4.78 is 25.0. The lowest BCUT2D eigenvalue weighted by Gasteiger charge is -2.19. The van der Waals surface area contributed by atoms with Crippen LogP contribution in [-0.2, 0) is 9.84 Å². The molecule has 0 radical (unpaired) electrons. The van der Waals surface area contributed by atoms with Crippen LogP contribution in [0.3, 0.4) is 0 Å². The number of sulfone groups is 1. The molecule has 0 saturated carbocycles. The second kappa shape index (κ2) is 6.98. The number of nitrogens with two attached hydrogens (primary N) is 1. The second-order valence-corrected chi connectivity index (χ2v) is 9.24. The topological polar surface area (TPSA) is 128 Å². The molecule has 2 aromatic heterocycles. The van der Waals surface area contributed by atoms with Crippen LogP contribution in [0.15, 0.2) is 57.4 Å². The summed E-state index contributed by atoms with van der Waals surface area (Å²) in [5, 5.41) is 7.77. The maximum atomic E-state index is 13.0. The highest BCUT2D eigenvalue weighted by molar-refractivity contribution is 7.94. The Kier molecular flexibility index (Phi) is 4.59. The van der Waals surface area contributed by atoms with Gasteiger partial charge in [-0.3, -0.25) is 19.0 Å². The lowest BCUT2D eigenvalue weighted by Crippen LogP contribution is -2.33. The smallest absolute Gasteiger partial charge is 0.264 e. The number of nitrogens with one attached hydrogen (secondary N) is 1. The van der Waals surface area contributed by atoms with E-state index in [4.69, 9.17) is 5.73 Å². The number of fused-ring (bicyclic) bond motifs is 1. The number of rotatable bonds is 4. The van der Waals surface area contributed by atoms with Gasteiger partial charge in [-0.1, -0.05) is 12.1 Å². The number of benzene rings is 1. The minimum atomic E-state index is -3.49. The minimum absolute atomic E-state index is 0.180. The Balaban J connectivity index is 1.98. The van der Waals surface area contributed by atoms with Crippen molar-refractivity contribution in [2.45, 2.75) is 6.04 Å². The van der Waals surface area contributed by atoms with E-state index in [1.165, 1.54) is 34.1 Å². The molecule has 1 aliphatic heterocycles. The Labute approximate surface area is 169 Å². The molecule has 0 saturated heterocycles. The molecule has 0 fully saturated rings. The molecule has 0 spiro atoms. The number of carbonyl (C=O) groups excluding carboxylic acids is 2. The lowest BCUT2D eigenvalue weighted by atomic mass is 10.0. The van der Waals surface area contributed by atoms with E-state index in [1.807, 2.05) is 5.38 Å². The number of para-hydroxylation sites is 1. The van der Waals surface area contributed by atoms with E-state index in [9.17, 15) is 22.8 Å². The predicted octanol–water partition coefficient (Wildman–Crippen LogP) is 1.90. The van der Waals surface area contributed by atoms with Gasteiger partial charge in [-0.05, 0) is 29.7 Å². The van der Waals surface area contributed by atoms with Crippen LogP contribution >= 0.6 is 11.3 Å². The van der Waals surface area contributed by atoms with Crippen LogP contribution in [0.1, 0.15) is 26.8 Å². The third kappa shape index (κ3) is 3.47. The summed E-state index contributed by atoms with van der Waals surface area (Å²) in [7, 11) is -3.49. The maximum Gasteiger partial charge on any atom is 0.264 e. The van der Waals surface area contributed by atoms with Crippen molar-refractivity contribution in [2.75, 3.05) is 11.1 Å². The largest absolute Gasteiger partial charge is 0.365 e. The molecular weight excluding hydrogens is 414 g/mol. The minimum Gasteiger partial charge on any atom is -0.365 e. The molecule has 0 aliphatic carbocycles. The summed E-state index contributed by atoms with van der Waals surface area (Å²) in [6.07, 6.45) is 1.37. The van der Waals surface area contributed by atoms with E-state index in [1.54, 1.807) is 23.6 Å². The standard InChI is InChI=1S/C19H15N3O5S2/c20-17(23)15-8-11-2-1-3-14(18(24)21-12-4-6-28-9-12)16(11)22(19(15)25)13-5-7-29(26,27)10-13/h1-9,13H,10H2,(H2,20,23)(H,21,24)/t13-/m1/s1. The summed E-state index contributed by atoms with van der Waals surface area (Å²) in [6, 6.07) is 6.99. The second-order valence-electron chi connectivity index (χ2n) is 6.53. The first-order valence-corrected chi connectivity index (χ1v) is 11.2. The molecule has 10 heteroatoms. The van der Waals surface area contributed by atoms with Gasteiger partial charge in [-0.2, -0.15) is 11.3 Å². The van der Waals surface area contributed by atoms with E-state index < -0.39 is 33.3 Å². The van der Waals surface area contributed by atoms with E-state index in [0.717, 1.165) is 5.41 Å². The number of hydrogen-bond donors (Lipinski definition) is 2. The van der Waals surface area contributed by atoms with Crippen molar-refractivity contribution in [3.05, 3.63) is 74.1 Å². The zero-order valence-corrected chi connectivity index (χ0v) is 16.5. The highest BCUT2D eigenvalue weighted by Crippen LogP contribution is 2.27. The van der Waals surface area contributed by atoms with Gasteiger partial charge in [-0.25, -0.2) is 8.42 Å². The van der Waals surface area contributed by atoms with Gasteiger partial charge < -0.3 is 11.1 Å². The predicted molar refractivity (Wildman–Crippen MR) is 111 cm³/mol. The highest BCUT2D eigenvalue weighted by Gasteiger charge is 2.28. The van der Waals surface area contributed by atoms with Crippen LogP contribution in [0.4, 0.5) is 5.69 Å². The van der Waals surface area contributed by atoms with Crippen molar-refractivity contribution in [1.29, 1.82) is 0 Å². The maximum absolute atomic E-state index is 13.0. The fraction of sp³-hybridized carbons (Fsp3) is 0.105. The third-order valence-corrected chi connectivity index (χ3v) is 6.65. The van der Waals surface area contributed by atoms with E-state index in [-0.39, 0.29) is 22.4 Å². The monoisotopic (exact) mass is 429 g/mol. The van der Waals surface area contributed by atoms with Gasteiger partial charge in [0.15, 0.2) is 9.84 Å². The fourth-order valence-electron chi connectivity index (χ4n) is 3.33. The van der Waals surface area contributed by atoms with Gasteiger partial charge in [-0.15, -0.1) is 0 Å². The molecule has 4 rings (SSSR count). The van der Waals surface area contributed by atoms with E-state index in [0.29, 0.717) is 11.1 Å². The summed E-state index contributed by atoms with van der Waals surface area (Å²) >= 11 is 1.41. The SMILES string of the molecule is NC(=O)c1cc2cccc(C(=O)Nc3ccsc3)c2n([C@@H]2C=CS(=O)(=O)C2)c1=O. The van der Waals surface area contributed by atoms with Gasteiger partial charge in [0.2, 0.25) is 0 Å². The summed E-state index contributed by atoms with van der Waals surface area (Å²) in [5.74, 6) is -1.73. The number of primary amides is 1. The van der Waals surface area contributed by atoms with Crippen molar-refractivity contribution in [2.24, 2.45) is 5.73 Å². The fourth-order valence-corrected chi connectivity index (χ4v) is 5.18. The molecule has 29 heavy (non-hydrogen) atoms. The Morgan fingerprint density at radius 3 is 2.62 bits per heavy atom. The van der Waals surface area contributed by atoms with E-state index in [2.05, 4.69) is 5.32 Å². The lowest BCUT2D eigenvalue weighted by molar-refractivity contribution is 0.0996. The molecule has 148 valence electrons. The normalized spacial score (nSPS) is 17.4. The molecule has 3 aromatic rings. The first-order valence-electron chi connectivity index (χ1n) is 8.49. The molecule has 3 heterocycles. The number of hydrogen-bond acceptors (Lipinski definition) is 6. The molecule has 3 N–H and O–H groups in total. The van der Waals surface area contributed by atoms with Gasteiger partial charge in [0, 0.05) is 16.2 Å². The van der Waals surface area contributed by atoms with Crippen molar-refractivity contribution >= 4 is 49.6 Å². The van der Waals surface area contributed by atoms with Gasteiger partial charge in [0.1, 0.15) is 5.56 Å². The number of aromatic nitrogens is 1. The van der Waals surface area contributed by atoms with Crippen molar-refractivity contribution in [1.82, 2.24) is 4.57 Å². The van der Waals surface area contributed by atoms with Gasteiger partial charge in [0.05, 0.1) is 28.6 Å². The highest BCUT2D eigenvalue weighted by atomic mass is 32.2. The number of thiophene rings is 1. The van der Waals surface area contributed by atoms with Crippen LogP contribution in [0.25, 0.3) is 10.9 Å². The zero-order valence-electron chi connectivity index (χ0n) is 14.9. The van der Waals surface area contributed by atoms with Crippen LogP contribution in [0.5, 0.6) is 0 Å². The van der Waals surface area contributed by atoms with Crippen molar-refractivity contribution in [3.8, 4) is 0 Å². The van der Waals surface area contributed by atoms with Crippen LogP contribution < -0.4 is 16.6 Å². The average molecular weight is 429 g/mol. The zero-order chi connectivity index (χ0) is 20.8. The molecule has 1 aliphatic rings. The van der Waals surface area contributed by atoms with Crippen molar-refractivity contribution < 1.29 is 18.0 Å². The van der Waals surface area contributed by atoms with Crippen molar-refractivity contribution in [3.63, 3.8) is 0 Å². The molecule has 0 bridgehead atoms. The molecule has 1 atom stereocenters. The molecule has 2 amide bonds. The number of allylic oxidation sites excluding steroid dienone is 1. The Morgan fingerprint density at radius 2 is 2.00 bits per heavy atom. The summed E-state index contributed by atoms with van der Waals surface area (Å²) in [4.78, 5) is 37.7. The number of carbonyl (C=O) groups is 2. The number of nitrogens with zero attached hydrogens (tertiary/aromatic N) is 1. The van der Waals surface area contributed by atoms with Crippen LogP contribution in [-0.4, -0.2) is 30.6 Å². The van der Waals surface area contributed by atoms with Crippen LogP contribution in [0, 0.1) is 0 Å². The third-order valence-electron chi connectivity index (χ3n) is 4.59. The number of pyridine rings is 1. The Bertz CT molecular complexity index is 1340. The molecule has 0 unspecified atom stereocenters. The first-order chi connectivity index (χ1) is 13.8. The number of amides is 2. The summed E-state index contributed by atoms with van der Waals surface area (Å²) in [5.41, 5.74) is 5.35. The van der Waals surface area contributed by atoms with Gasteiger partial charge >= 0.3 is 0 Å². The Morgan fingerprint density at radius 1 is 1.21 bits per heavy atom. The number of anilines is 1. The molecular formula is C19H15N3O5S2. The van der Waals surface area contributed by atoms with Crippen LogP contribution in [0.2, 0.25) is 0 Å². The van der Waals surface area contributed by atoms with E-state index >= 15 is 0 Å².